The first-order valence-corrected chi connectivity index (χ1v) is 11.6. The van der Waals surface area contributed by atoms with Crippen molar-refractivity contribution in [2.45, 2.75) is 44.6 Å². The van der Waals surface area contributed by atoms with Crippen molar-refractivity contribution in [1.82, 2.24) is 9.88 Å². The van der Waals surface area contributed by atoms with Gasteiger partial charge >= 0.3 is 5.97 Å². The molecule has 1 aromatic heterocycles. The van der Waals surface area contributed by atoms with E-state index in [0.717, 1.165) is 32.4 Å². The van der Waals surface area contributed by atoms with Gasteiger partial charge in [-0.3, -0.25) is 9.88 Å². The number of ether oxygens (including phenoxy) is 1. The van der Waals surface area contributed by atoms with Gasteiger partial charge in [0.2, 0.25) is 0 Å². The van der Waals surface area contributed by atoms with E-state index < -0.39 is 0 Å². The molecule has 2 aromatic carbocycles. The van der Waals surface area contributed by atoms with E-state index in [1.807, 2.05) is 6.07 Å². The number of hydrogen-bond acceptors (Lipinski definition) is 4. The Balaban J connectivity index is 1.35. The maximum Gasteiger partial charge on any atom is 0.345 e. The molecule has 4 nitrogen and oxygen atoms in total. The first-order valence-electron chi connectivity index (χ1n) is 11.6. The number of hydrogen-bond donors (Lipinski definition) is 0. The lowest BCUT2D eigenvalue weighted by molar-refractivity contribution is 0.0321. The maximum atomic E-state index is 12.5. The Bertz CT molecular complexity index is 1100. The SMILES string of the molecule is C[C@H]1[C@H]2Cc3ccc(OC(=O)c4cccnc4)cc3[C@@]1(C)CCN2CCc1ccccc1. The third-order valence-electron chi connectivity index (χ3n) is 7.73. The molecule has 0 saturated carbocycles. The zero-order chi connectivity index (χ0) is 22.1. The number of esters is 1. The predicted molar refractivity (Wildman–Crippen MR) is 126 cm³/mol. The van der Waals surface area contributed by atoms with E-state index in [-0.39, 0.29) is 11.4 Å². The zero-order valence-corrected chi connectivity index (χ0v) is 18.8. The minimum absolute atomic E-state index is 0.0955. The van der Waals surface area contributed by atoms with Gasteiger partial charge in [-0.2, -0.15) is 0 Å². The fraction of sp³-hybridized carbons (Fsp3) is 0.357. The molecule has 3 aromatic rings. The number of carbonyl (C=O) groups excluding carboxylic acids is 1. The Hall–Kier alpha value is -2.98. The molecule has 0 radical (unpaired) electrons. The highest BCUT2D eigenvalue weighted by molar-refractivity contribution is 5.90. The van der Waals surface area contributed by atoms with Crippen LogP contribution >= 0.6 is 0 Å². The molecule has 164 valence electrons. The first-order chi connectivity index (χ1) is 15.5. The van der Waals surface area contributed by atoms with Crippen LogP contribution in [0.2, 0.25) is 0 Å². The minimum atomic E-state index is -0.360. The molecular formula is C28H30N2O2. The van der Waals surface area contributed by atoms with Crippen molar-refractivity contribution in [3.8, 4) is 5.75 Å². The number of aromatic nitrogens is 1. The molecule has 0 unspecified atom stereocenters. The molecular weight excluding hydrogens is 396 g/mol. The average molecular weight is 427 g/mol. The summed E-state index contributed by atoms with van der Waals surface area (Å²) in [7, 11) is 0. The highest BCUT2D eigenvalue weighted by Crippen LogP contribution is 2.49. The third kappa shape index (κ3) is 3.84. The van der Waals surface area contributed by atoms with Crippen molar-refractivity contribution >= 4 is 5.97 Å². The molecule has 0 spiro atoms. The van der Waals surface area contributed by atoms with Crippen molar-refractivity contribution in [3.05, 3.63) is 95.3 Å². The highest BCUT2D eigenvalue weighted by Gasteiger charge is 2.48. The van der Waals surface area contributed by atoms with E-state index in [1.54, 1.807) is 24.5 Å². The Labute approximate surface area is 190 Å². The number of piperidine rings is 1. The first kappa shape index (κ1) is 20.9. The molecule has 32 heavy (non-hydrogen) atoms. The summed E-state index contributed by atoms with van der Waals surface area (Å²) in [5, 5.41) is 0. The molecule has 2 aliphatic rings. The highest BCUT2D eigenvalue weighted by atomic mass is 16.5. The second-order valence-electron chi connectivity index (χ2n) is 9.45. The summed E-state index contributed by atoms with van der Waals surface area (Å²) in [6, 6.07) is 21.0. The normalized spacial score (nSPS) is 24.6. The predicted octanol–water partition coefficient (Wildman–Crippen LogP) is 5.07. The summed E-state index contributed by atoms with van der Waals surface area (Å²) in [4.78, 5) is 19.2. The Kier molecular flexibility index (Phi) is 5.56. The van der Waals surface area contributed by atoms with Gasteiger partial charge in [-0.1, -0.05) is 50.2 Å². The van der Waals surface area contributed by atoms with Crippen LogP contribution < -0.4 is 4.74 Å². The van der Waals surface area contributed by atoms with Gasteiger partial charge in [-0.15, -0.1) is 0 Å². The van der Waals surface area contributed by atoms with Crippen LogP contribution in [0.5, 0.6) is 5.75 Å². The molecule has 2 bridgehead atoms. The van der Waals surface area contributed by atoms with Crippen molar-refractivity contribution in [2.75, 3.05) is 13.1 Å². The van der Waals surface area contributed by atoms with Crippen LogP contribution in [0, 0.1) is 5.92 Å². The molecule has 1 aliphatic heterocycles. The monoisotopic (exact) mass is 426 g/mol. The van der Waals surface area contributed by atoms with Crippen LogP contribution in [0.1, 0.15) is 47.3 Å². The van der Waals surface area contributed by atoms with Gasteiger partial charge in [-0.05, 0) is 78.1 Å². The van der Waals surface area contributed by atoms with Crippen molar-refractivity contribution < 1.29 is 9.53 Å². The molecule has 2 heterocycles. The van der Waals surface area contributed by atoms with E-state index in [2.05, 4.69) is 66.2 Å². The molecule has 0 N–H and O–H groups in total. The Morgan fingerprint density at radius 2 is 2.00 bits per heavy atom. The summed E-state index contributed by atoms with van der Waals surface area (Å²) in [6.45, 7) is 7.00. The molecule has 3 atom stereocenters. The molecule has 1 fully saturated rings. The maximum absolute atomic E-state index is 12.5. The Morgan fingerprint density at radius 3 is 2.78 bits per heavy atom. The fourth-order valence-corrected chi connectivity index (χ4v) is 5.59. The number of fused-ring (bicyclic) bond motifs is 4. The number of likely N-dealkylation sites (tertiary alicyclic amines) is 1. The topological polar surface area (TPSA) is 42.4 Å². The van der Waals surface area contributed by atoms with Crippen LogP contribution in [0.15, 0.2) is 73.1 Å². The van der Waals surface area contributed by atoms with Gasteiger partial charge < -0.3 is 4.74 Å². The largest absolute Gasteiger partial charge is 0.423 e. The molecule has 5 rings (SSSR count). The lowest BCUT2D eigenvalue weighted by Gasteiger charge is -2.54. The Morgan fingerprint density at radius 1 is 1.16 bits per heavy atom. The lowest BCUT2D eigenvalue weighted by Crippen LogP contribution is -2.58. The van der Waals surface area contributed by atoms with Crippen molar-refractivity contribution in [3.63, 3.8) is 0 Å². The standard InChI is InChI=1S/C28H30N2O2/c1-20-26-17-22-10-11-24(32-27(31)23-9-6-14-29-19-23)18-25(22)28(20,2)13-16-30(26)15-12-21-7-4-3-5-8-21/h3-11,14,18-20,26H,12-13,15-17H2,1-2H3/t20-,26+,28-/m0/s1. The lowest BCUT2D eigenvalue weighted by atomic mass is 9.59. The fourth-order valence-electron chi connectivity index (χ4n) is 5.59. The third-order valence-corrected chi connectivity index (χ3v) is 7.73. The quantitative estimate of drug-likeness (QED) is 0.422. The van der Waals surface area contributed by atoms with E-state index in [0.29, 0.717) is 23.3 Å². The summed E-state index contributed by atoms with van der Waals surface area (Å²) < 4.78 is 5.70. The van der Waals surface area contributed by atoms with Crippen molar-refractivity contribution in [1.29, 1.82) is 0 Å². The second kappa shape index (κ2) is 8.51. The summed E-state index contributed by atoms with van der Waals surface area (Å²) in [6.07, 6.45) is 6.46. The van der Waals surface area contributed by atoms with Gasteiger partial charge in [0.05, 0.1) is 5.56 Å². The number of benzene rings is 2. The van der Waals surface area contributed by atoms with E-state index in [4.69, 9.17) is 4.74 Å². The van der Waals surface area contributed by atoms with Crippen LogP contribution in [0.4, 0.5) is 0 Å². The van der Waals surface area contributed by atoms with Gasteiger partial charge in [0.15, 0.2) is 0 Å². The zero-order valence-electron chi connectivity index (χ0n) is 18.8. The number of nitrogens with zero attached hydrogens (tertiary/aromatic N) is 2. The molecule has 1 saturated heterocycles. The molecule has 4 heteroatoms. The van der Waals surface area contributed by atoms with Gasteiger partial charge in [0, 0.05) is 25.0 Å². The molecule has 0 amide bonds. The minimum Gasteiger partial charge on any atom is -0.423 e. The van der Waals surface area contributed by atoms with E-state index in [1.165, 1.54) is 16.7 Å². The summed E-state index contributed by atoms with van der Waals surface area (Å²) in [5.41, 5.74) is 4.71. The van der Waals surface area contributed by atoms with E-state index in [9.17, 15) is 4.79 Å². The van der Waals surface area contributed by atoms with E-state index >= 15 is 0 Å². The van der Waals surface area contributed by atoms with Gasteiger partial charge in [0.25, 0.3) is 0 Å². The van der Waals surface area contributed by atoms with Crippen molar-refractivity contribution in [2.24, 2.45) is 5.92 Å². The summed E-state index contributed by atoms with van der Waals surface area (Å²) in [5.74, 6) is 0.806. The van der Waals surface area contributed by atoms with Crippen LogP contribution in [-0.2, 0) is 18.3 Å². The number of pyridine rings is 1. The smallest absolute Gasteiger partial charge is 0.345 e. The van der Waals surface area contributed by atoms with Crippen LogP contribution in [-0.4, -0.2) is 35.0 Å². The van der Waals surface area contributed by atoms with Gasteiger partial charge in [0.1, 0.15) is 5.75 Å². The average Bonchev–Trinajstić information content (AvgIpc) is 2.82. The number of carbonyl (C=O) groups is 1. The number of rotatable bonds is 5. The second-order valence-corrected chi connectivity index (χ2v) is 9.45. The summed E-state index contributed by atoms with van der Waals surface area (Å²) >= 11 is 0. The van der Waals surface area contributed by atoms with Crippen LogP contribution in [0.25, 0.3) is 0 Å². The molecule has 1 aliphatic carbocycles. The van der Waals surface area contributed by atoms with Gasteiger partial charge in [-0.25, -0.2) is 4.79 Å². The van der Waals surface area contributed by atoms with Crippen LogP contribution in [0.3, 0.4) is 0 Å².